The van der Waals surface area contributed by atoms with E-state index in [0.29, 0.717) is 5.92 Å². The van der Waals surface area contributed by atoms with Crippen LogP contribution >= 0.6 is 11.3 Å². The highest BCUT2D eigenvalue weighted by molar-refractivity contribution is 7.90. The van der Waals surface area contributed by atoms with E-state index < -0.39 is 9.84 Å². The number of anilines is 1. The Morgan fingerprint density at radius 1 is 1.36 bits per heavy atom. The molecule has 0 radical (unpaired) electrons. The molecule has 4 nitrogen and oxygen atoms in total. The van der Waals surface area contributed by atoms with Crippen molar-refractivity contribution >= 4 is 37.1 Å². The SMILES string of the molecule is CC(C)c1nc2ccc(NCC3(CS(C)(=O)=O)CC3)cc2s1. The van der Waals surface area contributed by atoms with Crippen LogP contribution in [0.25, 0.3) is 10.2 Å². The van der Waals surface area contributed by atoms with Crippen molar-refractivity contribution in [3.8, 4) is 0 Å². The van der Waals surface area contributed by atoms with Crippen molar-refractivity contribution in [3.63, 3.8) is 0 Å². The Kier molecular flexibility index (Phi) is 3.93. The molecule has 0 atom stereocenters. The number of sulfone groups is 1. The van der Waals surface area contributed by atoms with Crippen LogP contribution in [0, 0.1) is 5.41 Å². The Bertz CT molecular complexity index is 790. The first-order chi connectivity index (χ1) is 10.3. The second-order valence-corrected chi connectivity index (χ2v) is 10.0. The lowest BCUT2D eigenvalue weighted by molar-refractivity contribution is 0.561. The van der Waals surface area contributed by atoms with E-state index in [2.05, 4.69) is 30.2 Å². The van der Waals surface area contributed by atoms with Gasteiger partial charge in [-0.25, -0.2) is 13.4 Å². The van der Waals surface area contributed by atoms with Crippen molar-refractivity contribution in [1.29, 1.82) is 0 Å². The quantitative estimate of drug-likeness (QED) is 0.873. The summed E-state index contributed by atoms with van der Waals surface area (Å²) in [5, 5.41) is 4.57. The summed E-state index contributed by atoms with van der Waals surface area (Å²) < 4.78 is 24.2. The fourth-order valence-electron chi connectivity index (χ4n) is 2.69. The van der Waals surface area contributed by atoms with Gasteiger partial charge < -0.3 is 5.32 Å². The van der Waals surface area contributed by atoms with Crippen LogP contribution < -0.4 is 5.32 Å². The fraction of sp³-hybridized carbons (Fsp3) is 0.562. The molecule has 0 unspecified atom stereocenters. The van der Waals surface area contributed by atoms with E-state index in [9.17, 15) is 8.42 Å². The molecule has 1 aliphatic rings. The van der Waals surface area contributed by atoms with Crippen molar-refractivity contribution in [3.05, 3.63) is 23.2 Å². The monoisotopic (exact) mass is 338 g/mol. The number of aromatic nitrogens is 1. The number of rotatable bonds is 6. The Labute approximate surface area is 135 Å². The summed E-state index contributed by atoms with van der Waals surface area (Å²) in [5.74, 6) is 0.728. The molecule has 22 heavy (non-hydrogen) atoms. The van der Waals surface area contributed by atoms with E-state index in [1.165, 1.54) is 11.0 Å². The average Bonchev–Trinajstić information content (AvgIpc) is 3.01. The summed E-state index contributed by atoms with van der Waals surface area (Å²) >= 11 is 1.73. The molecule has 1 saturated carbocycles. The normalized spacial score (nSPS) is 17.1. The maximum atomic E-state index is 11.5. The zero-order valence-electron chi connectivity index (χ0n) is 13.2. The summed E-state index contributed by atoms with van der Waals surface area (Å²) in [6.07, 6.45) is 3.31. The molecule has 1 N–H and O–H groups in total. The zero-order chi connectivity index (χ0) is 16.0. The van der Waals surface area contributed by atoms with E-state index in [4.69, 9.17) is 0 Å². The Balaban J connectivity index is 1.72. The summed E-state index contributed by atoms with van der Waals surface area (Å²) in [5.41, 5.74) is 2.03. The lowest BCUT2D eigenvalue weighted by Crippen LogP contribution is -2.24. The molecule has 1 heterocycles. The highest BCUT2D eigenvalue weighted by Gasteiger charge is 2.44. The van der Waals surface area contributed by atoms with Gasteiger partial charge in [-0.3, -0.25) is 0 Å². The highest BCUT2D eigenvalue weighted by atomic mass is 32.2. The molecule has 0 bridgehead atoms. The predicted molar refractivity (Wildman–Crippen MR) is 93.6 cm³/mol. The van der Waals surface area contributed by atoms with E-state index >= 15 is 0 Å². The predicted octanol–water partition coefficient (Wildman–Crippen LogP) is 3.66. The first-order valence-corrected chi connectivity index (χ1v) is 10.5. The molecule has 3 rings (SSSR count). The smallest absolute Gasteiger partial charge is 0.148 e. The summed E-state index contributed by atoms with van der Waals surface area (Å²) in [7, 11) is -2.91. The van der Waals surface area contributed by atoms with Gasteiger partial charge in [-0.05, 0) is 31.0 Å². The van der Waals surface area contributed by atoms with Gasteiger partial charge in [-0.1, -0.05) is 13.8 Å². The molecule has 2 aromatic rings. The topological polar surface area (TPSA) is 59.1 Å². The van der Waals surface area contributed by atoms with E-state index in [1.54, 1.807) is 11.3 Å². The van der Waals surface area contributed by atoms with Crippen LogP contribution in [0.4, 0.5) is 5.69 Å². The third-order valence-corrected chi connectivity index (χ3v) is 6.55. The summed E-state index contributed by atoms with van der Waals surface area (Å²) in [4.78, 5) is 4.63. The third-order valence-electron chi connectivity index (χ3n) is 4.09. The molecule has 1 fully saturated rings. The number of nitrogens with zero attached hydrogens (tertiary/aromatic N) is 1. The molecule has 120 valence electrons. The fourth-order valence-corrected chi connectivity index (χ4v) is 5.21. The van der Waals surface area contributed by atoms with E-state index in [0.717, 1.165) is 35.6 Å². The molecule has 6 heteroatoms. The molecule has 1 aromatic heterocycles. The first-order valence-electron chi connectivity index (χ1n) is 7.58. The number of thiazole rings is 1. The minimum absolute atomic E-state index is 0.0562. The molecule has 0 spiro atoms. The number of nitrogens with one attached hydrogen (secondary N) is 1. The average molecular weight is 338 g/mol. The van der Waals surface area contributed by atoms with Gasteiger partial charge >= 0.3 is 0 Å². The zero-order valence-corrected chi connectivity index (χ0v) is 14.9. The van der Waals surface area contributed by atoms with Crippen LogP contribution in [0.3, 0.4) is 0 Å². The van der Waals surface area contributed by atoms with Crippen molar-refractivity contribution in [1.82, 2.24) is 4.98 Å². The molecule has 1 aliphatic carbocycles. The van der Waals surface area contributed by atoms with E-state index in [1.807, 2.05) is 12.1 Å². The highest BCUT2D eigenvalue weighted by Crippen LogP contribution is 2.46. The lowest BCUT2D eigenvalue weighted by Gasteiger charge is -2.15. The largest absolute Gasteiger partial charge is 0.384 e. The minimum atomic E-state index is -2.91. The molecule has 1 aromatic carbocycles. The molecule has 0 saturated heterocycles. The first kappa shape index (κ1) is 15.7. The molecular formula is C16H22N2O2S2. The van der Waals surface area contributed by atoms with Gasteiger partial charge in [-0.15, -0.1) is 11.3 Å². The Morgan fingerprint density at radius 2 is 2.09 bits per heavy atom. The standard InChI is InChI=1S/C16H22N2O2S2/c1-11(2)15-18-13-5-4-12(8-14(13)21-15)17-9-16(6-7-16)10-22(3,19)20/h4-5,8,11,17H,6-7,9-10H2,1-3H3. The maximum Gasteiger partial charge on any atom is 0.148 e. The van der Waals surface area contributed by atoms with Gasteiger partial charge in [-0.2, -0.15) is 0 Å². The Hall–Kier alpha value is -1.14. The van der Waals surface area contributed by atoms with Crippen LogP contribution in [-0.2, 0) is 9.84 Å². The maximum absolute atomic E-state index is 11.5. The number of hydrogen-bond acceptors (Lipinski definition) is 5. The van der Waals surface area contributed by atoms with Crippen molar-refractivity contribution in [2.75, 3.05) is 23.9 Å². The van der Waals surface area contributed by atoms with Crippen molar-refractivity contribution in [2.45, 2.75) is 32.6 Å². The van der Waals surface area contributed by atoms with Crippen LogP contribution in [-0.4, -0.2) is 32.0 Å². The van der Waals surface area contributed by atoms with Gasteiger partial charge in [0.15, 0.2) is 0 Å². The van der Waals surface area contributed by atoms with Crippen LogP contribution in [0.1, 0.15) is 37.6 Å². The van der Waals surface area contributed by atoms with Gasteiger partial charge in [0.1, 0.15) is 9.84 Å². The summed E-state index contributed by atoms with van der Waals surface area (Å²) in [6.45, 7) is 5.03. The van der Waals surface area contributed by atoms with Gasteiger partial charge in [0.2, 0.25) is 0 Å². The van der Waals surface area contributed by atoms with E-state index in [-0.39, 0.29) is 11.2 Å². The number of hydrogen-bond donors (Lipinski definition) is 1. The van der Waals surface area contributed by atoms with Crippen LogP contribution in [0.2, 0.25) is 0 Å². The lowest BCUT2D eigenvalue weighted by atomic mass is 10.1. The number of benzene rings is 1. The van der Waals surface area contributed by atoms with Crippen LogP contribution in [0.5, 0.6) is 0 Å². The van der Waals surface area contributed by atoms with Gasteiger partial charge in [0, 0.05) is 29.8 Å². The third kappa shape index (κ3) is 3.60. The molecular weight excluding hydrogens is 316 g/mol. The Morgan fingerprint density at radius 3 is 2.68 bits per heavy atom. The van der Waals surface area contributed by atoms with Gasteiger partial charge in [0.25, 0.3) is 0 Å². The minimum Gasteiger partial charge on any atom is -0.384 e. The van der Waals surface area contributed by atoms with Crippen LogP contribution in [0.15, 0.2) is 18.2 Å². The molecule has 0 aliphatic heterocycles. The second kappa shape index (κ2) is 5.49. The van der Waals surface area contributed by atoms with Crippen molar-refractivity contribution in [2.24, 2.45) is 5.41 Å². The summed E-state index contributed by atoms with van der Waals surface area (Å²) in [6, 6.07) is 6.19. The molecule has 0 amide bonds. The van der Waals surface area contributed by atoms with Crippen molar-refractivity contribution < 1.29 is 8.42 Å². The van der Waals surface area contributed by atoms with Gasteiger partial charge in [0.05, 0.1) is 21.0 Å². The second-order valence-electron chi connectivity index (χ2n) is 6.81. The number of fused-ring (bicyclic) bond motifs is 1.